The standard InChI is InChI=1S/C13H19N3O/c14-13(6-2-1-3-7-13)12(17)16-10-11-4-8-15-9-5-11/h4-5,8-9H,1-3,6-7,10,14H2,(H,16,17). The molecule has 1 saturated carbocycles. The van der Waals surface area contributed by atoms with Crippen LogP contribution in [0, 0.1) is 0 Å². The highest BCUT2D eigenvalue weighted by Crippen LogP contribution is 2.25. The number of carbonyl (C=O) groups is 1. The van der Waals surface area contributed by atoms with Gasteiger partial charge in [0.2, 0.25) is 5.91 Å². The first kappa shape index (κ1) is 12.0. The molecule has 1 fully saturated rings. The van der Waals surface area contributed by atoms with Crippen molar-refractivity contribution in [1.82, 2.24) is 10.3 Å². The highest BCUT2D eigenvalue weighted by molar-refractivity contribution is 5.86. The number of carbonyl (C=O) groups excluding carboxylic acids is 1. The van der Waals surface area contributed by atoms with Crippen molar-refractivity contribution in [2.45, 2.75) is 44.2 Å². The fourth-order valence-electron chi connectivity index (χ4n) is 2.27. The van der Waals surface area contributed by atoms with Crippen LogP contribution in [-0.4, -0.2) is 16.4 Å². The molecule has 2 rings (SSSR count). The Kier molecular flexibility index (Phi) is 3.74. The van der Waals surface area contributed by atoms with E-state index < -0.39 is 5.54 Å². The third-order valence-electron chi connectivity index (χ3n) is 3.40. The lowest BCUT2D eigenvalue weighted by Crippen LogP contribution is -2.54. The van der Waals surface area contributed by atoms with Crippen LogP contribution in [0.1, 0.15) is 37.7 Å². The van der Waals surface area contributed by atoms with E-state index in [1.165, 1.54) is 6.42 Å². The van der Waals surface area contributed by atoms with Crippen molar-refractivity contribution in [3.8, 4) is 0 Å². The van der Waals surface area contributed by atoms with Gasteiger partial charge in [-0.3, -0.25) is 9.78 Å². The van der Waals surface area contributed by atoms with Crippen LogP contribution in [-0.2, 0) is 11.3 Å². The molecule has 0 atom stereocenters. The number of rotatable bonds is 3. The van der Waals surface area contributed by atoms with Crippen molar-refractivity contribution in [1.29, 1.82) is 0 Å². The number of amides is 1. The van der Waals surface area contributed by atoms with Crippen molar-refractivity contribution in [3.05, 3.63) is 30.1 Å². The Morgan fingerprint density at radius 2 is 1.94 bits per heavy atom. The monoisotopic (exact) mass is 233 g/mol. The van der Waals surface area contributed by atoms with Gasteiger partial charge in [0, 0.05) is 18.9 Å². The van der Waals surface area contributed by atoms with Gasteiger partial charge in [0.25, 0.3) is 0 Å². The van der Waals surface area contributed by atoms with Crippen LogP contribution >= 0.6 is 0 Å². The summed E-state index contributed by atoms with van der Waals surface area (Å²) in [6.45, 7) is 0.528. The maximum atomic E-state index is 12.0. The second-order valence-corrected chi connectivity index (χ2v) is 4.75. The van der Waals surface area contributed by atoms with Gasteiger partial charge in [-0.05, 0) is 30.5 Å². The largest absolute Gasteiger partial charge is 0.350 e. The average molecular weight is 233 g/mol. The van der Waals surface area contributed by atoms with Crippen molar-refractivity contribution in [2.24, 2.45) is 5.73 Å². The number of aromatic nitrogens is 1. The molecular formula is C13H19N3O. The zero-order chi connectivity index (χ0) is 12.1. The average Bonchev–Trinajstić information content (AvgIpc) is 2.38. The summed E-state index contributed by atoms with van der Waals surface area (Å²) in [5.41, 5.74) is 6.54. The van der Waals surface area contributed by atoms with E-state index >= 15 is 0 Å². The van der Waals surface area contributed by atoms with E-state index in [0.29, 0.717) is 6.54 Å². The number of pyridine rings is 1. The molecule has 0 unspecified atom stereocenters. The fraction of sp³-hybridized carbons (Fsp3) is 0.538. The zero-order valence-electron chi connectivity index (χ0n) is 9.98. The van der Waals surface area contributed by atoms with Gasteiger partial charge in [-0.25, -0.2) is 0 Å². The maximum absolute atomic E-state index is 12.0. The number of nitrogens with two attached hydrogens (primary N) is 1. The van der Waals surface area contributed by atoms with E-state index in [9.17, 15) is 4.79 Å². The smallest absolute Gasteiger partial charge is 0.240 e. The highest BCUT2D eigenvalue weighted by Gasteiger charge is 2.34. The quantitative estimate of drug-likeness (QED) is 0.828. The molecule has 92 valence electrons. The Hall–Kier alpha value is -1.42. The zero-order valence-corrected chi connectivity index (χ0v) is 9.98. The summed E-state index contributed by atoms with van der Waals surface area (Å²) in [6.07, 6.45) is 8.35. The van der Waals surface area contributed by atoms with Crippen LogP contribution in [0.15, 0.2) is 24.5 Å². The van der Waals surface area contributed by atoms with Crippen molar-refractivity contribution in [3.63, 3.8) is 0 Å². The molecule has 1 amide bonds. The fourth-order valence-corrected chi connectivity index (χ4v) is 2.27. The van der Waals surface area contributed by atoms with Crippen molar-refractivity contribution < 1.29 is 4.79 Å². The van der Waals surface area contributed by atoms with Gasteiger partial charge in [0.15, 0.2) is 0 Å². The molecule has 1 aromatic heterocycles. The first-order chi connectivity index (χ1) is 8.21. The molecule has 1 heterocycles. The van der Waals surface area contributed by atoms with E-state index in [4.69, 9.17) is 5.73 Å². The van der Waals surface area contributed by atoms with E-state index in [1.54, 1.807) is 12.4 Å². The molecular weight excluding hydrogens is 214 g/mol. The molecule has 1 aromatic rings. The van der Waals surface area contributed by atoms with Gasteiger partial charge in [-0.2, -0.15) is 0 Å². The Labute approximate surface area is 102 Å². The van der Waals surface area contributed by atoms with Crippen LogP contribution in [0.4, 0.5) is 0 Å². The molecule has 4 heteroatoms. The molecule has 0 spiro atoms. The molecule has 0 saturated heterocycles. The van der Waals surface area contributed by atoms with Crippen molar-refractivity contribution >= 4 is 5.91 Å². The molecule has 1 aliphatic rings. The van der Waals surface area contributed by atoms with E-state index in [0.717, 1.165) is 31.2 Å². The minimum Gasteiger partial charge on any atom is -0.350 e. The summed E-state index contributed by atoms with van der Waals surface area (Å²) in [4.78, 5) is 16.0. The molecule has 3 N–H and O–H groups in total. The second-order valence-electron chi connectivity index (χ2n) is 4.75. The summed E-state index contributed by atoms with van der Waals surface area (Å²) < 4.78 is 0. The van der Waals surface area contributed by atoms with Crippen LogP contribution in [0.25, 0.3) is 0 Å². The minimum absolute atomic E-state index is 0.0194. The molecule has 0 radical (unpaired) electrons. The summed E-state index contributed by atoms with van der Waals surface area (Å²) in [6, 6.07) is 3.79. The van der Waals surface area contributed by atoms with Crippen LogP contribution in [0.3, 0.4) is 0 Å². The number of hydrogen-bond donors (Lipinski definition) is 2. The molecule has 4 nitrogen and oxygen atoms in total. The topological polar surface area (TPSA) is 68.0 Å². The van der Waals surface area contributed by atoms with Gasteiger partial charge in [0.05, 0.1) is 5.54 Å². The van der Waals surface area contributed by atoms with Gasteiger partial charge in [-0.1, -0.05) is 19.3 Å². The summed E-state index contributed by atoms with van der Waals surface area (Å²) >= 11 is 0. The maximum Gasteiger partial charge on any atom is 0.240 e. The second kappa shape index (κ2) is 5.27. The lowest BCUT2D eigenvalue weighted by atomic mass is 9.82. The molecule has 0 aromatic carbocycles. The third-order valence-corrected chi connectivity index (χ3v) is 3.40. The Morgan fingerprint density at radius 3 is 2.59 bits per heavy atom. The molecule has 0 bridgehead atoms. The molecule has 0 aliphatic heterocycles. The summed E-state index contributed by atoms with van der Waals surface area (Å²) in [5.74, 6) is -0.0194. The summed E-state index contributed by atoms with van der Waals surface area (Å²) in [5, 5.41) is 2.92. The first-order valence-electron chi connectivity index (χ1n) is 6.17. The van der Waals surface area contributed by atoms with Gasteiger partial charge in [0.1, 0.15) is 0 Å². The number of nitrogens with zero attached hydrogens (tertiary/aromatic N) is 1. The predicted molar refractivity (Wildman–Crippen MR) is 66.1 cm³/mol. The van der Waals surface area contributed by atoms with E-state index in [1.807, 2.05) is 12.1 Å². The normalized spacial score (nSPS) is 18.6. The minimum atomic E-state index is -0.648. The van der Waals surface area contributed by atoms with Crippen molar-refractivity contribution in [2.75, 3.05) is 0 Å². The van der Waals surface area contributed by atoms with Crippen LogP contribution < -0.4 is 11.1 Å². The molecule has 17 heavy (non-hydrogen) atoms. The van der Waals surface area contributed by atoms with E-state index in [-0.39, 0.29) is 5.91 Å². The van der Waals surface area contributed by atoms with Crippen LogP contribution in [0.5, 0.6) is 0 Å². The number of hydrogen-bond acceptors (Lipinski definition) is 3. The third kappa shape index (κ3) is 3.03. The SMILES string of the molecule is NC1(C(=O)NCc2ccncc2)CCCCC1. The Balaban J connectivity index is 1.88. The lowest BCUT2D eigenvalue weighted by molar-refractivity contribution is -0.127. The molecule has 1 aliphatic carbocycles. The van der Waals surface area contributed by atoms with Crippen LogP contribution in [0.2, 0.25) is 0 Å². The van der Waals surface area contributed by atoms with Gasteiger partial charge < -0.3 is 11.1 Å². The summed E-state index contributed by atoms with van der Waals surface area (Å²) in [7, 11) is 0. The van der Waals surface area contributed by atoms with Gasteiger partial charge >= 0.3 is 0 Å². The van der Waals surface area contributed by atoms with E-state index in [2.05, 4.69) is 10.3 Å². The lowest BCUT2D eigenvalue weighted by Gasteiger charge is -2.31. The Morgan fingerprint density at radius 1 is 1.29 bits per heavy atom. The highest BCUT2D eigenvalue weighted by atomic mass is 16.2. The predicted octanol–water partition coefficient (Wildman–Crippen LogP) is 1.36. The first-order valence-corrected chi connectivity index (χ1v) is 6.17. The van der Waals surface area contributed by atoms with Gasteiger partial charge in [-0.15, -0.1) is 0 Å². The Bertz CT molecular complexity index is 372. The number of nitrogens with one attached hydrogen (secondary N) is 1.